The number of alkyl halides is 3. The lowest BCUT2D eigenvalue weighted by atomic mass is 9.86. The fourth-order valence-electron chi connectivity index (χ4n) is 4.23. The molecule has 38 heavy (non-hydrogen) atoms. The van der Waals surface area contributed by atoms with Crippen molar-refractivity contribution in [1.82, 2.24) is 4.90 Å². The molecule has 8 nitrogen and oxygen atoms in total. The molecule has 0 aliphatic carbocycles. The molecule has 2 aromatic carbocycles. The van der Waals surface area contributed by atoms with E-state index >= 15 is 0 Å². The Morgan fingerprint density at radius 3 is 2.50 bits per heavy atom. The van der Waals surface area contributed by atoms with Crippen LogP contribution in [0.4, 0.5) is 30.2 Å². The lowest BCUT2D eigenvalue weighted by Gasteiger charge is -2.38. The molecule has 1 unspecified atom stereocenters. The first kappa shape index (κ1) is 29.6. The third kappa shape index (κ3) is 8.01. The summed E-state index contributed by atoms with van der Waals surface area (Å²) in [6.45, 7) is 5.91. The maximum Gasteiger partial charge on any atom is 0.389 e. The first-order valence-electron chi connectivity index (χ1n) is 12.1. The Balaban J connectivity index is 1.57. The normalized spacial score (nSPS) is 16.3. The molecule has 1 aliphatic heterocycles. The summed E-state index contributed by atoms with van der Waals surface area (Å²) in [4.78, 5) is 30.0. The first-order valence-corrected chi connectivity index (χ1v) is 13.3. The number of amides is 1. The Labute approximate surface area is 221 Å². The Morgan fingerprint density at radius 2 is 1.89 bits per heavy atom. The number of carbonyl (C=O) groups excluding carboxylic acids is 1. The van der Waals surface area contributed by atoms with Crippen molar-refractivity contribution in [2.45, 2.75) is 50.8 Å². The highest BCUT2D eigenvalue weighted by molar-refractivity contribution is 7.54. The summed E-state index contributed by atoms with van der Waals surface area (Å²) in [6, 6.07) is 11.5. The van der Waals surface area contributed by atoms with E-state index in [4.69, 9.17) is 0 Å². The fourth-order valence-corrected chi connectivity index (χ4v) is 5.07. The van der Waals surface area contributed by atoms with Gasteiger partial charge in [-0.05, 0) is 68.5 Å². The number of aliphatic imine (C=N–C) groups is 1. The van der Waals surface area contributed by atoms with Gasteiger partial charge in [-0.1, -0.05) is 24.8 Å². The van der Waals surface area contributed by atoms with Gasteiger partial charge < -0.3 is 20.0 Å². The number of allylic oxidation sites excluding steroid dienone is 1. The van der Waals surface area contributed by atoms with Gasteiger partial charge in [0, 0.05) is 37.0 Å². The predicted molar refractivity (Wildman–Crippen MR) is 143 cm³/mol. The van der Waals surface area contributed by atoms with Crippen LogP contribution >= 0.6 is 8.45 Å². The number of anilines is 2. The average Bonchev–Trinajstić information content (AvgIpc) is 2.87. The van der Waals surface area contributed by atoms with Crippen LogP contribution in [-0.4, -0.2) is 57.1 Å². The molecule has 1 heterocycles. The van der Waals surface area contributed by atoms with E-state index in [9.17, 15) is 33.2 Å². The maximum atomic E-state index is 12.9. The summed E-state index contributed by atoms with van der Waals surface area (Å²) in [5, 5.41) is 24.0. The number of aliphatic hydroxyl groups is 1. The number of hydrogen-bond donors (Lipinski definition) is 4. The van der Waals surface area contributed by atoms with E-state index in [0.29, 0.717) is 27.5 Å². The summed E-state index contributed by atoms with van der Waals surface area (Å²) in [7, 11) is -2.25. The van der Waals surface area contributed by atoms with Gasteiger partial charge in [-0.25, -0.2) is 0 Å². The topological polar surface area (TPSA) is 109 Å². The third-order valence-electron chi connectivity index (χ3n) is 6.37. The van der Waals surface area contributed by atoms with Crippen LogP contribution in [0.2, 0.25) is 0 Å². The molecule has 0 aromatic heterocycles. The van der Waals surface area contributed by atoms with Crippen molar-refractivity contribution in [2.75, 3.05) is 23.0 Å². The number of nitrogens with one attached hydrogen (secondary N) is 1. The van der Waals surface area contributed by atoms with Gasteiger partial charge in [0.25, 0.3) is 14.4 Å². The molecule has 1 amide bonds. The average molecular weight is 553 g/mol. The van der Waals surface area contributed by atoms with E-state index < -0.39 is 26.6 Å². The van der Waals surface area contributed by atoms with E-state index in [1.54, 1.807) is 41.3 Å². The third-order valence-corrected chi connectivity index (χ3v) is 7.40. The molecule has 1 saturated heterocycles. The minimum atomic E-state index is -4.25. The Morgan fingerprint density at radius 1 is 1.24 bits per heavy atom. The van der Waals surface area contributed by atoms with Crippen LogP contribution in [-0.2, 0) is 0 Å². The van der Waals surface area contributed by atoms with Crippen molar-refractivity contribution < 1.29 is 33.2 Å². The molecule has 0 radical (unpaired) electrons. The molecular weight excluding hydrogens is 520 g/mol. The largest absolute Gasteiger partial charge is 0.390 e. The second-order valence-electron chi connectivity index (χ2n) is 9.21. The Kier molecular flexibility index (Phi) is 9.89. The van der Waals surface area contributed by atoms with Crippen molar-refractivity contribution in [1.29, 1.82) is 0 Å². The quantitative estimate of drug-likeness (QED) is 0.161. The maximum absolute atomic E-state index is 12.9. The lowest BCUT2D eigenvalue weighted by molar-refractivity contribution is -0.138. The van der Waals surface area contributed by atoms with Crippen molar-refractivity contribution in [3.05, 3.63) is 66.2 Å². The summed E-state index contributed by atoms with van der Waals surface area (Å²) in [5.74, 6) is -0.256. The lowest BCUT2D eigenvalue weighted by Crippen LogP contribution is -2.46. The van der Waals surface area contributed by atoms with Gasteiger partial charge in [0.05, 0.1) is 17.0 Å². The van der Waals surface area contributed by atoms with Crippen LogP contribution in [0, 0.1) is 6.92 Å². The SMILES string of the molecule is C=C/C=N\c1c(C)cccc1N(O)P(O)Nc1ccc(C(=O)N2CCC(O)(CCCC(F)(F)F)CC2)cc1. The van der Waals surface area contributed by atoms with Crippen molar-refractivity contribution in [3.8, 4) is 0 Å². The smallest absolute Gasteiger partial charge is 0.389 e. The predicted octanol–water partition coefficient (Wildman–Crippen LogP) is 6.11. The van der Waals surface area contributed by atoms with Crippen LogP contribution in [0.1, 0.15) is 48.0 Å². The van der Waals surface area contributed by atoms with Crippen molar-refractivity contribution >= 4 is 37.6 Å². The van der Waals surface area contributed by atoms with Crippen LogP contribution in [0.3, 0.4) is 0 Å². The Hall–Kier alpha value is -2.98. The van der Waals surface area contributed by atoms with Crippen molar-refractivity contribution in [2.24, 2.45) is 4.99 Å². The zero-order valence-electron chi connectivity index (χ0n) is 21.0. The van der Waals surface area contributed by atoms with E-state index in [1.165, 1.54) is 12.3 Å². The number of nitrogens with zero attached hydrogens (tertiary/aromatic N) is 3. The second-order valence-corrected chi connectivity index (χ2v) is 10.4. The number of rotatable bonds is 10. The zero-order chi connectivity index (χ0) is 27.9. The molecule has 12 heteroatoms. The minimum absolute atomic E-state index is 0.0472. The molecule has 1 atom stereocenters. The van der Waals surface area contributed by atoms with Gasteiger partial charge in [-0.15, -0.1) is 0 Å². The van der Waals surface area contributed by atoms with Gasteiger partial charge in [0.15, 0.2) is 0 Å². The van der Waals surface area contributed by atoms with E-state index in [-0.39, 0.29) is 44.7 Å². The fraction of sp³-hybridized carbons (Fsp3) is 0.385. The molecule has 4 N–H and O–H groups in total. The monoisotopic (exact) mass is 552 g/mol. The number of piperidine rings is 1. The number of likely N-dealkylation sites (tertiary alicyclic amines) is 1. The molecule has 2 aromatic rings. The van der Waals surface area contributed by atoms with Gasteiger partial charge in [-0.3, -0.25) is 15.0 Å². The molecule has 1 fully saturated rings. The second kappa shape index (κ2) is 12.7. The van der Waals surface area contributed by atoms with Crippen LogP contribution < -0.4 is 9.92 Å². The molecule has 0 bridgehead atoms. The van der Waals surface area contributed by atoms with E-state index in [1.807, 2.05) is 13.0 Å². The Bertz CT molecular complexity index is 1140. The summed E-state index contributed by atoms with van der Waals surface area (Å²) < 4.78 is 37.2. The molecule has 0 saturated carbocycles. The first-order chi connectivity index (χ1) is 17.9. The summed E-state index contributed by atoms with van der Waals surface area (Å²) in [5.41, 5.74) is 1.24. The number of hydrogen-bond acceptors (Lipinski definition) is 7. The highest BCUT2D eigenvalue weighted by Crippen LogP contribution is 2.43. The minimum Gasteiger partial charge on any atom is -0.390 e. The zero-order valence-corrected chi connectivity index (χ0v) is 21.9. The standard InChI is InChI=1S/C26H32F3N4O4P/c1-3-16-30-23-19(2)6-4-7-22(23)33(36)38(37)31-21-10-8-20(9-11-21)24(34)32-17-14-25(35,15-18-32)12-5-13-26(27,28)29/h3-4,6-11,16,31,35-37H,1,5,12-15,17-18H2,2H3/b30-16-. The molecule has 3 rings (SSSR count). The summed E-state index contributed by atoms with van der Waals surface area (Å²) in [6.07, 6.45) is -1.85. The van der Waals surface area contributed by atoms with Gasteiger partial charge in [0.2, 0.25) is 0 Å². The summed E-state index contributed by atoms with van der Waals surface area (Å²) >= 11 is 0. The molecule has 1 aliphatic rings. The van der Waals surface area contributed by atoms with Crippen LogP contribution in [0.25, 0.3) is 0 Å². The molecule has 0 spiro atoms. The van der Waals surface area contributed by atoms with Crippen LogP contribution in [0.15, 0.2) is 60.1 Å². The number of halogens is 3. The van der Waals surface area contributed by atoms with Crippen LogP contribution in [0.5, 0.6) is 0 Å². The number of benzene rings is 2. The van der Waals surface area contributed by atoms with Gasteiger partial charge in [-0.2, -0.15) is 18.0 Å². The van der Waals surface area contributed by atoms with E-state index in [2.05, 4.69) is 16.7 Å². The van der Waals surface area contributed by atoms with E-state index in [0.717, 1.165) is 5.56 Å². The van der Waals surface area contributed by atoms with Gasteiger partial charge >= 0.3 is 6.18 Å². The molecule has 206 valence electrons. The number of carbonyl (C=O) groups is 1. The highest BCUT2D eigenvalue weighted by atomic mass is 31.2. The number of para-hydroxylation sites is 1. The van der Waals surface area contributed by atoms with Crippen molar-refractivity contribution in [3.63, 3.8) is 0 Å². The molecular formula is C26H32F3N4O4P. The highest BCUT2D eigenvalue weighted by Gasteiger charge is 2.35. The number of aryl methyl sites for hydroxylation is 1. The van der Waals surface area contributed by atoms with Gasteiger partial charge in [0.1, 0.15) is 0 Å².